The molecule has 1 amide bonds. The first kappa shape index (κ1) is 23.4. The van der Waals surface area contributed by atoms with E-state index in [-0.39, 0.29) is 23.6 Å². The van der Waals surface area contributed by atoms with Crippen molar-refractivity contribution in [3.63, 3.8) is 0 Å². The Bertz CT molecular complexity index is 1270. The number of aromatic nitrogens is 5. The Labute approximate surface area is 196 Å². The van der Waals surface area contributed by atoms with E-state index in [0.717, 1.165) is 23.0 Å². The minimum Gasteiger partial charge on any atom is -0.355 e. The van der Waals surface area contributed by atoms with Gasteiger partial charge in [0.15, 0.2) is 5.65 Å². The van der Waals surface area contributed by atoms with Gasteiger partial charge in [0.05, 0.1) is 17.5 Å². The third kappa shape index (κ3) is 4.39. The predicted octanol–water partition coefficient (Wildman–Crippen LogP) is 3.84. The fourth-order valence-electron chi connectivity index (χ4n) is 4.88. The van der Waals surface area contributed by atoms with Gasteiger partial charge in [-0.1, -0.05) is 0 Å². The number of fused-ring (bicyclic) bond motifs is 1. The first-order valence-electron chi connectivity index (χ1n) is 11.1. The Hall–Kier alpha value is -3.38. The van der Waals surface area contributed by atoms with Crippen molar-refractivity contribution in [1.29, 1.82) is 0 Å². The maximum atomic E-state index is 13.1. The molecule has 186 valence electrons. The zero-order chi connectivity index (χ0) is 25.0. The molecule has 0 unspecified atom stereocenters. The summed E-state index contributed by atoms with van der Waals surface area (Å²) in [6, 6.07) is 1.78. The van der Waals surface area contributed by atoms with Crippen LogP contribution in [0.2, 0.25) is 0 Å². The summed E-state index contributed by atoms with van der Waals surface area (Å²) in [4.78, 5) is 28.9. The molecule has 3 aromatic heterocycles. The average Bonchev–Trinajstić information content (AvgIpc) is 3.29. The first-order chi connectivity index (χ1) is 16.5. The molecule has 2 fully saturated rings. The Kier molecular flexibility index (Phi) is 5.59. The lowest BCUT2D eigenvalue weighted by molar-refractivity contribution is -0.137. The molecule has 35 heavy (non-hydrogen) atoms. The number of carbonyl (C=O) groups excluding carboxylic acids is 1. The standard InChI is InChI=1S/C22H22F5N7O/c1-13-19-20(34(31-13)11-15(23)24)30-17(10-29-19)32-6-3-21(4-7-32)9-18(35)33(12-21)16-8-14(2-5-28-16)22(25,26)27/h2,5,8,10,15H,3-4,6-7,9,11-12H2,1H3. The van der Waals surface area contributed by atoms with Crippen molar-refractivity contribution in [2.75, 3.05) is 29.4 Å². The van der Waals surface area contributed by atoms with Crippen molar-refractivity contribution in [2.45, 2.75) is 45.3 Å². The highest BCUT2D eigenvalue weighted by Crippen LogP contribution is 2.43. The topological polar surface area (TPSA) is 80.0 Å². The summed E-state index contributed by atoms with van der Waals surface area (Å²) in [6.07, 6.45) is -2.99. The molecule has 3 aromatic rings. The second-order valence-electron chi connectivity index (χ2n) is 9.10. The number of halogens is 5. The third-order valence-electron chi connectivity index (χ3n) is 6.73. The van der Waals surface area contributed by atoms with Gasteiger partial charge in [0.25, 0.3) is 6.43 Å². The van der Waals surface area contributed by atoms with Crippen LogP contribution in [-0.4, -0.2) is 56.7 Å². The van der Waals surface area contributed by atoms with Gasteiger partial charge in [-0.15, -0.1) is 0 Å². The zero-order valence-electron chi connectivity index (χ0n) is 18.8. The summed E-state index contributed by atoms with van der Waals surface area (Å²) in [5.74, 6) is 0.282. The molecule has 0 radical (unpaired) electrons. The molecule has 8 nitrogen and oxygen atoms in total. The van der Waals surface area contributed by atoms with Crippen molar-refractivity contribution in [3.8, 4) is 0 Å². The van der Waals surface area contributed by atoms with E-state index in [2.05, 4.69) is 20.1 Å². The van der Waals surface area contributed by atoms with Gasteiger partial charge in [0, 0.05) is 37.7 Å². The first-order valence-corrected chi connectivity index (χ1v) is 11.1. The molecule has 0 N–H and O–H groups in total. The number of hydrogen-bond donors (Lipinski definition) is 0. The summed E-state index contributed by atoms with van der Waals surface area (Å²) < 4.78 is 66.3. The molecule has 1 spiro atoms. The van der Waals surface area contributed by atoms with Crippen LogP contribution >= 0.6 is 0 Å². The van der Waals surface area contributed by atoms with Gasteiger partial charge in [-0.05, 0) is 31.9 Å². The fraction of sp³-hybridized carbons (Fsp3) is 0.500. The quantitative estimate of drug-likeness (QED) is 0.512. The Balaban J connectivity index is 1.32. The van der Waals surface area contributed by atoms with Crippen LogP contribution in [0.4, 0.5) is 33.6 Å². The zero-order valence-corrected chi connectivity index (χ0v) is 18.8. The van der Waals surface area contributed by atoms with Gasteiger partial charge < -0.3 is 4.90 Å². The van der Waals surface area contributed by atoms with Crippen LogP contribution in [0.25, 0.3) is 11.2 Å². The van der Waals surface area contributed by atoms with Crippen LogP contribution in [0.3, 0.4) is 0 Å². The van der Waals surface area contributed by atoms with Crippen molar-refractivity contribution in [1.82, 2.24) is 24.7 Å². The van der Waals surface area contributed by atoms with E-state index >= 15 is 0 Å². The molecule has 2 saturated heterocycles. The highest BCUT2D eigenvalue weighted by atomic mass is 19.4. The van der Waals surface area contributed by atoms with Crippen molar-refractivity contribution in [2.24, 2.45) is 5.41 Å². The van der Waals surface area contributed by atoms with Crippen LogP contribution < -0.4 is 9.80 Å². The molecular formula is C22H22F5N7O. The summed E-state index contributed by atoms with van der Waals surface area (Å²) >= 11 is 0. The number of rotatable bonds is 4. The number of carbonyl (C=O) groups is 1. The largest absolute Gasteiger partial charge is 0.416 e. The maximum absolute atomic E-state index is 13.1. The summed E-state index contributed by atoms with van der Waals surface area (Å²) in [5.41, 5.74) is 0.0491. The maximum Gasteiger partial charge on any atom is 0.416 e. The molecule has 5 rings (SSSR count). The Morgan fingerprint density at radius 1 is 1.14 bits per heavy atom. The predicted molar refractivity (Wildman–Crippen MR) is 116 cm³/mol. The van der Waals surface area contributed by atoms with E-state index in [9.17, 15) is 26.7 Å². The van der Waals surface area contributed by atoms with Crippen LogP contribution in [0, 0.1) is 12.3 Å². The van der Waals surface area contributed by atoms with Crippen LogP contribution in [-0.2, 0) is 17.5 Å². The molecule has 2 aliphatic rings. The number of aryl methyl sites for hydroxylation is 1. The molecule has 5 heterocycles. The third-order valence-corrected chi connectivity index (χ3v) is 6.73. The normalized spacial score (nSPS) is 18.4. The van der Waals surface area contributed by atoms with Crippen molar-refractivity contribution < 1.29 is 26.7 Å². The Morgan fingerprint density at radius 3 is 2.57 bits per heavy atom. The molecule has 0 saturated carbocycles. The molecular weight excluding hydrogens is 473 g/mol. The van der Waals surface area contributed by atoms with Crippen LogP contribution in [0.1, 0.15) is 30.5 Å². The summed E-state index contributed by atoms with van der Waals surface area (Å²) in [5, 5.41) is 4.11. The number of hydrogen-bond acceptors (Lipinski definition) is 6. The van der Waals surface area contributed by atoms with Gasteiger partial charge in [-0.3, -0.25) is 9.69 Å². The van der Waals surface area contributed by atoms with E-state index < -0.39 is 24.7 Å². The van der Waals surface area contributed by atoms with E-state index in [1.807, 2.05) is 4.90 Å². The van der Waals surface area contributed by atoms with Crippen LogP contribution in [0.15, 0.2) is 24.5 Å². The van der Waals surface area contributed by atoms with Crippen LogP contribution in [0.5, 0.6) is 0 Å². The van der Waals surface area contributed by atoms with Gasteiger partial charge in [-0.25, -0.2) is 28.4 Å². The Morgan fingerprint density at radius 2 is 1.89 bits per heavy atom. The summed E-state index contributed by atoms with van der Waals surface area (Å²) in [7, 11) is 0. The molecule has 0 atom stereocenters. The summed E-state index contributed by atoms with van der Waals surface area (Å²) in [6.45, 7) is 2.48. The van der Waals surface area contributed by atoms with Crippen molar-refractivity contribution in [3.05, 3.63) is 35.8 Å². The fourth-order valence-corrected chi connectivity index (χ4v) is 4.88. The molecule has 0 bridgehead atoms. The highest BCUT2D eigenvalue weighted by Gasteiger charge is 2.46. The minimum absolute atomic E-state index is 0.00288. The van der Waals surface area contributed by atoms with E-state index in [1.165, 1.54) is 4.90 Å². The molecule has 0 aromatic carbocycles. The van der Waals surface area contributed by atoms with E-state index in [0.29, 0.717) is 55.2 Å². The minimum atomic E-state index is -4.52. The van der Waals surface area contributed by atoms with Crippen molar-refractivity contribution >= 4 is 28.7 Å². The second kappa shape index (κ2) is 8.38. The van der Waals surface area contributed by atoms with Gasteiger partial charge in [0.1, 0.15) is 23.7 Å². The SMILES string of the molecule is Cc1nn(CC(F)F)c2nc(N3CCC4(CC3)CC(=O)N(c3cc(C(F)(F)F)ccn3)C4)cnc12. The lowest BCUT2D eigenvalue weighted by atomic mass is 9.77. The van der Waals surface area contributed by atoms with Gasteiger partial charge >= 0.3 is 6.18 Å². The smallest absolute Gasteiger partial charge is 0.355 e. The number of anilines is 2. The molecule has 13 heteroatoms. The molecule has 0 aliphatic carbocycles. The number of nitrogens with zero attached hydrogens (tertiary/aromatic N) is 7. The lowest BCUT2D eigenvalue weighted by Crippen LogP contribution is -2.42. The average molecular weight is 495 g/mol. The molecule has 2 aliphatic heterocycles. The monoisotopic (exact) mass is 495 g/mol. The number of piperidine rings is 1. The lowest BCUT2D eigenvalue weighted by Gasteiger charge is -2.39. The second-order valence-corrected chi connectivity index (χ2v) is 9.10. The van der Waals surface area contributed by atoms with Gasteiger partial charge in [-0.2, -0.15) is 18.3 Å². The van der Waals surface area contributed by atoms with Gasteiger partial charge in [0.2, 0.25) is 5.91 Å². The highest BCUT2D eigenvalue weighted by molar-refractivity contribution is 5.95. The number of alkyl halides is 5. The number of pyridine rings is 1. The van der Waals surface area contributed by atoms with E-state index in [1.54, 1.807) is 13.1 Å². The van der Waals surface area contributed by atoms with E-state index in [4.69, 9.17) is 0 Å². The number of amides is 1.